The van der Waals surface area contributed by atoms with Crippen molar-refractivity contribution < 1.29 is 18.7 Å². The summed E-state index contributed by atoms with van der Waals surface area (Å²) in [5, 5.41) is 4.09. The van der Waals surface area contributed by atoms with Crippen LogP contribution >= 0.6 is 0 Å². The number of hydrogen-bond donors (Lipinski definition) is 0. The minimum absolute atomic E-state index is 0.0149. The number of carbonyl (C=O) groups is 2. The van der Waals surface area contributed by atoms with E-state index in [-0.39, 0.29) is 24.2 Å². The maximum atomic E-state index is 12.5. The molecule has 3 heterocycles. The summed E-state index contributed by atoms with van der Waals surface area (Å²) in [6.07, 6.45) is 5.54. The molecule has 3 rings (SSSR count). The summed E-state index contributed by atoms with van der Waals surface area (Å²) < 4.78 is 12.3. The number of Topliss-reactive ketones (excluding diaryl/α,β-unsaturated/α-hetero) is 1. The van der Waals surface area contributed by atoms with Crippen LogP contribution in [0.4, 0.5) is 0 Å². The Morgan fingerprint density at radius 1 is 1.35 bits per heavy atom. The van der Waals surface area contributed by atoms with Gasteiger partial charge in [-0.15, -0.1) is 0 Å². The minimum Gasteiger partial charge on any atom is -0.461 e. The molecule has 0 spiro atoms. The van der Waals surface area contributed by atoms with E-state index in [9.17, 15) is 9.59 Å². The molecule has 0 aliphatic carbocycles. The van der Waals surface area contributed by atoms with E-state index in [0.29, 0.717) is 38.5 Å². The van der Waals surface area contributed by atoms with E-state index in [1.807, 2.05) is 12.3 Å². The molecule has 1 amide bonds. The molecule has 0 aromatic carbocycles. The SMILES string of the molecule is O=C(C[C@H]1COCCN1C(=O)CCn1cccn1)c1ccco1. The number of furan rings is 1. The number of aryl methyl sites for hydroxylation is 1. The molecule has 7 nitrogen and oxygen atoms in total. The van der Waals surface area contributed by atoms with Crippen LogP contribution in [-0.4, -0.2) is 52.2 Å². The van der Waals surface area contributed by atoms with Crippen LogP contribution in [-0.2, 0) is 16.1 Å². The Morgan fingerprint density at radius 3 is 3.00 bits per heavy atom. The van der Waals surface area contributed by atoms with Crippen LogP contribution in [0.1, 0.15) is 23.4 Å². The number of amides is 1. The molecule has 1 atom stereocenters. The lowest BCUT2D eigenvalue weighted by Gasteiger charge is -2.35. The standard InChI is InChI=1S/C16H19N3O4/c20-14(15-3-1-9-23-15)11-13-12-22-10-8-19(13)16(21)4-7-18-6-2-5-17-18/h1-3,5-6,9,13H,4,7-8,10-12H2/t13-/m0/s1. The molecular weight excluding hydrogens is 298 g/mol. The number of hydrogen-bond acceptors (Lipinski definition) is 5. The van der Waals surface area contributed by atoms with Crippen LogP contribution in [0.5, 0.6) is 0 Å². The van der Waals surface area contributed by atoms with Gasteiger partial charge in [0.15, 0.2) is 11.5 Å². The first-order valence-electron chi connectivity index (χ1n) is 7.65. The first-order chi connectivity index (χ1) is 11.2. The number of ether oxygens (including phenoxy) is 1. The highest BCUT2D eigenvalue weighted by atomic mass is 16.5. The zero-order valence-electron chi connectivity index (χ0n) is 12.8. The van der Waals surface area contributed by atoms with Gasteiger partial charge in [0.1, 0.15) is 0 Å². The zero-order valence-corrected chi connectivity index (χ0v) is 12.8. The van der Waals surface area contributed by atoms with E-state index >= 15 is 0 Å². The zero-order chi connectivity index (χ0) is 16.1. The van der Waals surface area contributed by atoms with Gasteiger partial charge in [-0.3, -0.25) is 14.3 Å². The second-order valence-electron chi connectivity index (χ2n) is 5.44. The van der Waals surface area contributed by atoms with Gasteiger partial charge in [0.25, 0.3) is 0 Å². The molecule has 0 unspecified atom stereocenters. The Hall–Kier alpha value is -2.41. The van der Waals surface area contributed by atoms with Gasteiger partial charge in [-0.2, -0.15) is 5.10 Å². The molecule has 0 N–H and O–H groups in total. The van der Waals surface area contributed by atoms with E-state index in [1.54, 1.807) is 27.9 Å². The Morgan fingerprint density at radius 2 is 2.26 bits per heavy atom. The third-order valence-corrected chi connectivity index (χ3v) is 3.88. The lowest BCUT2D eigenvalue weighted by molar-refractivity contribution is -0.140. The van der Waals surface area contributed by atoms with Gasteiger partial charge in [-0.25, -0.2) is 0 Å². The molecule has 2 aromatic rings. The predicted octanol–water partition coefficient (Wildman–Crippen LogP) is 1.37. The van der Waals surface area contributed by atoms with Gasteiger partial charge in [0, 0.05) is 38.3 Å². The maximum absolute atomic E-state index is 12.5. The molecular formula is C16H19N3O4. The molecule has 0 saturated carbocycles. The van der Waals surface area contributed by atoms with Crippen LogP contribution in [0.2, 0.25) is 0 Å². The van der Waals surface area contributed by atoms with Crippen molar-refractivity contribution in [2.45, 2.75) is 25.4 Å². The van der Waals surface area contributed by atoms with Crippen molar-refractivity contribution in [3.8, 4) is 0 Å². The summed E-state index contributed by atoms with van der Waals surface area (Å²) in [5.74, 6) is 0.218. The van der Waals surface area contributed by atoms with Gasteiger partial charge in [-0.1, -0.05) is 0 Å². The maximum Gasteiger partial charge on any atom is 0.224 e. The summed E-state index contributed by atoms with van der Waals surface area (Å²) in [7, 11) is 0. The van der Waals surface area contributed by atoms with Crippen LogP contribution in [0.3, 0.4) is 0 Å². The number of nitrogens with zero attached hydrogens (tertiary/aromatic N) is 3. The molecule has 1 aliphatic heterocycles. The molecule has 122 valence electrons. The molecule has 23 heavy (non-hydrogen) atoms. The van der Waals surface area contributed by atoms with Gasteiger partial charge in [0.05, 0.1) is 25.5 Å². The first kappa shape index (κ1) is 15.5. The molecule has 1 saturated heterocycles. The van der Waals surface area contributed by atoms with Crippen molar-refractivity contribution in [1.82, 2.24) is 14.7 Å². The number of carbonyl (C=O) groups excluding carboxylic acids is 2. The van der Waals surface area contributed by atoms with Crippen molar-refractivity contribution in [2.75, 3.05) is 19.8 Å². The highest BCUT2D eigenvalue weighted by Crippen LogP contribution is 2.16. The summed E-state index contributed by atoms with van der Waals surface area (Å²) in [4.78, 5) is 26.4. The van der Waals surface area contributed by atoms with E-state index in [4.69, 9.17) is 9.15 Å². The van der Waals surface area contributed by atoms with Crippen LogP contribution in [0.25, 0.3) is 0 Å². The smallest absolute Gasteiger partial charge is 0.224 e. The molecule has 0 radical (unpaired) electrons. The predicted molar refractivity (Wildman–Crippen MR) is 80.8 cm³/mol. The van der Waals surface area contributed by atoms with Gasteiger partial charge >= 0.3 is 0 Å². The van der Waals surface area contributed by atoms with Crippen molar-refractivity contribution in [2.24, 2.45) is 0 Å². The number of aromatic nitrogens is 2. The molecule has 0 bridgehead atoms. The normalized spacial score (nSPS) is 18.1. The number of morpholine rings is 1. The van der Waals surface area contributed by atoms with Crippen LogP contribution in [0, 0.1) is 0 Å². The second-order valence-corrected chi connectivity index (χ2v) is 5.44. The molecule has 1 fully saturated rings. The molecule has 2 aromatic heterocycles. The van der Waals surface area contributed by atoms with Gasteiger partial charge in [-0.05, 0) is 18.2 Å². The van der Waals surface area contributed by atoms with Crippen molar-refractivity contribution in [3.05, 3.63) is 42.6 Å². The van der Waals surface area contributed by atoms with Crippen LogP contribution < -0.4 is 0 Å². The monoisotopic (exact) mass is 317 g/mol. The topological polar surface area (TPSA) is 77.6 Å². The third-order valence-electron chi connectivity index (χ3n) is 3.88. The lowest BCUT2D eigenvalue weighted by atomic mass is 10.1. The van der Waals surface area contributed by atoms with Crippen molar-refractivity contribution in [3.63, 3.8) is 0 Å². The first-order valence-corrected chi connectivity index (χ1v) is 7.65. The van der Waals surface area contributed by atoms with E-state index in [0.717, 1.165) is 0 Å². The summed E-state index contributed by atoms with van der Waals surface area (Å²) >= 11 is 0. The summed E-state index contributed by atoms with van der Waals surface area (Å²) in [5.41, 5.74) is 0. The quantitative estimate of drug-likeness (QED) is 0.752. The molecule has 1 aliphatic rings. The number of ketones is 1. The highest BCUT2D eigenvalue weighted by molar-refractivity contribution is 5.94. The fraction of sp³-hybridized carbons (Fsp3) is 0.438. The largest absolute Gasteiger partial charge is 0.461 e. The highest BCUT2D eigenvalue weighted by Gasteiger charge is 2.29. The average molecular weight is 317 g/mol. The second kappa shape index (κ2) is 7.23. The molecule has 7 heteroatoms. The number of rotatable bonds is 6. The van der Waals surface area contributed by atoms with Gasteiger partial charge in [0.2, 0.25) is 5.91 Å². The van der Waals surface area contributed by atoms with Crippen molar-refractivity contribution >= 4 is 11.7 Å². The van der Waals surface area contributed by atoms with E-state index < -0.39 is 0 Å². The fourth-order valence-corrected chi connectivity index (χ4v) is 2.69. The Labute approximate surface area is 133 Å². The Balaban J connectivity index is 1.59. The fourth-order valence-electron chi connectivity index (χ4n) is 2.69. The average Bonchev–Trinajstić information content (AvgIpc) is 3.26. The summed E-state index contributed by atoms with van der Waals surface area (Å²) in [6, 6.07) is 4.89. The third kappa shape index (κ3) is 3.87. The van der Waals surface area contributed by atoms with E-state index in [1.165, 1.54) is 6.26 Å². The Bertz CT molecular complexity index is 636. The van der Waals surface area contributed by atoms with E-state index in [2.05, 4.69) is 5.10 Å². The Kier molecular flexibility index (Phi) is 4.87. The van der Waals surface area contributed by atoms with Crippen LogP contribution in [0.15, 0.2) is 41.3 Å². The van der Waals surface area contributed by atoms with Crippen molar-refractivity contribution in [1.29, 1.82) is 0 Å². The lowest BCUT2D eigenvalue weighted by Crippen LogP contribution is -2.49. The summed E-state index contributed by atoms with van der Waals surface area (Å²) in [6.45, 7) is 1.91. The minimum atomic E-state index is -0.244. The van der Waals surface area contributed by atoms with Gasteiger partial charge < -0.3 is 14.1 Å².